The topological polar surface area (TPSA) is 42.9 Å². The van der Waals surface area contributed by atoms with Crippen molar-refractivity contribution in [2.24, 2.45) is 4.99 Å². The predicted octanol–water partition coefficient (Wildman–Crippen LogP) is -0.393. The summed E-state index contributed by atoms with van der Waals surface area (Å²) in [5, 5.41) is 3.04. The van der Waals surface area contributed by atoms with Gasteiger partial charge in [0.25, 0.3) is 0 Å². The second-order valence-electron chi connectivity index (χ2n) is 2.07. The first-order chi connectivity index (χ1) is 4.83. The molecule has 0 atom stereocenters. The van der Waals surface area contributed by atoms with Gasteiger partial charge in [-0.2, -0.15) is 0 Å². The highest BCUT2D eigenvalue weighted by molar-refractivity contribution is 5.60. The molecule has 0 aromatic heterocycles. The van der Waals surface area contributed by atoms with E-state index in [4.69, 9.17) is 9.47 Å². The van der Waals surface area contributed by atoms with Crippen molar-refractivity contribution in [2.75, 3.05) is 27.3 Å². The SMILES string of the molecule is COC1(OC)CN=CCN1. The van der Waals surface area contributed by atoms with Crippen molar-refractivity contribution >= 4 is 6.21 Å². The molecule has 58 valence electrons. The summed E-state index contributed by atoms with van der Waals surface area (Å²) in [5.74, 6) is -0.686. The maximum Gasteiger partial charge on any atom is 0.247 e. The summed E-state index contributed by atoms with van der Waals surface area (Å²) >= 11 is 0. The Hall–Kier alpha value is -0.450. The molecule has 1 aliphatic rings. The highest BCUT2D eigenvalue weighted by atomic mass is 16.7. The van der Waals surface area contributed by atoms with E-state index < -0.39 is 5.91 Å². The fraction of sp³-hybridized carbons (Fsp3) is 0.833. The number of nitrogens with zero attached hydrogens (tertiary/aromatic N) is 1. The first-order valence-electron chi connectivity index (χ1n) is 3.16. The summed E-state index contributed by atoms with van der Waals surface area (Å²) in [6, 6.07) is 0. The molecule has 0 aromatic rings. The first kappa shape index (κ1) is 7.65. The van der Waals surface area contributed by atoms with Crippen molar-refractivity contribution < 1.29 is 9.47 Å². The Morgan fingerprint density at radius 3 is 2.50 bits per heavy atom. The van der Waals surface area contributed by atoms with Gasteiger partial charge < -0.3 is 9.47 Å². The van der Waals surface area contributed by atoms with Crippen LogP contribution in [-0.2, 0) is 9.47 Å². The molecule has 4 nitrogen and oxygen atoms in total. The van der Waals surface area contributed by atoms with Gasteiger partial charge in [0, 0.05) is 27.0 Å². The molecule has 0 saturated heterocycles. The van der Waals surface area contributed by atoms with Gasteiger partial charge in [-0.25, -0.2) is 0 Å². The zero-order valence-electron chi connectivity index (χ0n) is 6.26. The largest absolute Gasteiger partial charge is 0.339 e. The van der Waals surface area contributed by atoms with Crippen molar-refractivity contribution in [3.05, 3.63) is 0 Å². The van der Waals surface area contributed by atoms with Crippen LogP contribution in [0.15, 0.2) is 4.99 Å². The van der Waals surface area contributed by atoms with Crippen molar-refractivity contribution in [3.63, 3.8) is 0 Å². The van der Waals surface area contributed by atoms with E-state index in [1.807, 2.05) is 0 Å². The molecule has 0 aliphatic carbocycles. The smallest absolute Gasteiger partial charge is 0.247 e. The average molecular weight is 144 g/mol. The minimum atomic E-state index is -0.686. The molecule has 0 spiro atoms. The third kappa shape index (κ3) is 1.34. The molecule has 1 heterocycles. The van der Waals surface area contributed by atoms with Crippen LogP contribution in [0, 0.1) is 0 Å². The molecule has 1 rings (SSSR count). The normalized spacial score (nSPS) is 23.0. The van der Waals surface area contributed by atoms with Crippen molar-refractivity contribution in [1.29, 1.82) is 0 Å². The van der Waals surface area contributed by atoms with Crippen LogP contribution in [0.3, 0.4) is 0 Å². The molecule has 1 N–H and O–H groups in total. The van der Waals surface area contributed by atoms with Gasteiger partial charge in [-0.05, 0) is 0 Å². The minimum absolute atomic E-state index is 0.514. The Morgan fingerprint density at radius 1 is 1.50 bits per heavy atom. The van der Waals surface area contributed by atoms with E-state index >= 15 is 0 Å². The lowest BCUT2D eigenvalue weighted by molar-refractivity contribution is -0.219. The maximum atomic E-state index is 5.08. The molecule has 4 heteroatoms. The number of nitrogens with one attached hydrogen (secondary N) is 1. The molecular weight excluding hydrogens is 132 g/mol. The van der Waals surface area contributed by atoms with Gasteiger partial charge in [0.15, 0.2) is 0 Å². The summed E-state index contributed by atoms with van der Waals surface area (Å²) in [6.45, 7) is 1.21. The lowest BCUT2D eigenvalue weighted by Crippen LogP contribution is -2.54. The number of hydrogen-bond acceptors (Lipinski definition) is 4. The summed E-state index contributed by atoms with van der Waals surface area (Å²) in [7, 11) is 3.19. The van der Waals surface area contributed by atoms with Gasteiger partial charge in [0.1, 0.15) is 6.54 Å². The van der Waals surface area contributed by atoms with E-state index in [0.29, 0.717) is 13.1 Å². The Morgan fingerprint density at radius 2 is 2.20 bits per heavy atom. The van der Waals surface area contributed by atoms with Crippen LogP contribution in [0.4, 0.5) is 0 Å². The van der Waals surface area contributed by atoms with Crippen molar-refractivity contribution in [3.8, 4) is 0 Å². The van der Waals surface area contributed by atoms with Crippen LogP contribution in [0.1, 0.15) is 0 Å². The molecule has 0 unspecified atom stereocenters. The molecule has 0 bridgehead atoms. The molecule has 0 radical (unpaired) electrons. The van der Waals surface area contributed by atoms with Gasteiger partial charge in [-0.15, -0.1) is 0 Å². The third-order valence-corrected chi connectivity index (χ3v) is 1.55. The third-order valence-electron chi connectivity index (χ3n) is 1.55. The second kappa shape index (κ2) is 3.09. The first-order valence-corrected chi connectivity index (χ1v) is 3.16. The zero-order valence-corrected chi connectivity index (χ0v) is 6.26. The van der Waals surface area contributed by atoms with Crippen molar-refractivity contribution in [2.45, 2.75) is 5.91 Å². The van der Waals surface area contributed by atoms with Gasteiger partial charge in [0.05, 0.1) is 0 Å². The Kier molecular flexibility index (Phi) is 2.37. The Labute approximate surface area is 60.2 Å². The lowest BCUT2D eigenvalue weighted by atomic mass is 10.4. The highest BCUT2D eigenvalue weighted by Crippen LogP contribution is 2.08. The van der Waals surface area contributed by atoms with Crippen LogP contribution in [0.25, 0.3) is 0 Å². The average Bonchev–Trinajstić information content (AvgIpc) is 2.06. The fourth-order valence-electron chi connectivity index (χ4n) is 0.863. The number of ether oxygens (including phenoxy) is 2. The summed E-state index contributed by atoms with van der Waals surface area (Å²) < 4.78 is 10.2. The van der Waals surface area contributed by atoms with Crippen LogP contribution >= 0.6 is 0 Å². The van der Waals surface area contributed by atoms with Gasteiger partial charge in [-0.3, -0.25) is 10.3 Å². The van der Waals surface area contributed by atoms with Gasteiger partial charge >= 0.3 is 0 Å². The number of rotatable bonds is 2. The van der Waals surface area contributed by atoms with E-state index in [0.717, 1.165) is 0 Å². The molecular formula is C6H12N2O2. The summed E-state index contributed by atoms with van der Waals surface area (Å²) in [5.41, 5.74) is 0. The van der Waals surface area contributed by atoms with Crippen LogP contribution < -0.4 is 5.32 Å². The zero-order chi connectivity index (χ0) is 7.45. The van der Waals surface area contributed by atoms with E-state index in [1.54, 1.807) is 20.4 Å². The van der Waals surface area contributed by atoms with E-state index in [1.165, 1.54) is 0 Å². The standard InChI is InChI=1S/C6H12N2O2/c1-9-6(10-2)5-7-3-4-8-6/h3,8H,4-5H2,1-2H3. The summed E-state index contributed by atoms with van der Waals surface area (Å²) in [6.07, 6.45) is 1.80. The maximum absolute atomic E-state index is 5.08. The number of aliphatic imine (C=N–C) groups is 1. The van der Waals surface area contributed by atoms with E-state index in [-0.39, 0.29) is 0 Å². The van der Waals surface area contributed by atoms with Gasteiger partial charge in [-0.1, -0.05) is 0 Å². The fourth-order valence-corrected chi connectivity index (χ4v) is 0.863. The highest BCUT2D eigenvalue weighted by Gasteiger charge is 2.29. The Bertz CT molecular complexity index is 132. The second-order valence-corrected chi connectivity index (χ2v) is 2.07. The van der Waals surface area contributed by atoms with Gasteiger partial charge in [0.2, 0.25) is 5.91 Å². The Balaban J connectivity index is 2.55. The minimum Gasteiger partial charge on any atom is -0.339 e. The number of hydrogen-bond donors (Lipinski definition) is 1. The predicted molar refractivity (Wildman–Crippen MR) is 38.1 cm³/mol. The van der Waals surface area contributed by atoms with Crippen LogP contribution in [0.2, 0.25) is 0 Å². The van der Waals surface area contributed by atoms with E-state index in [9.17, 15) is 0 Å². The lowest BCUT2D eigenvalue weighted by Gasteiger charge is -2.31. The molecule has 0 fully saturated rings. The monoisotopic (exact) mass is 144 g/mol. The molecule has 1 aliphatic heterocycles. The molecule has 0 amide bonds. The molecule has 0 aromatic carbocycles. The molecule has 10 heavy (non-hydrogen) atoms. The quantitative estimate of drug-likeness (QED) is 0.536. The molecule has 0 saturated carbocycles. The van der Waals surface area contributed by atoms with E-state index in [2.05, 4.69) is 10.3 Å². The number of methoxy groups -OCH3 is 2. The van der Waals surface area contributed by atoms with Crippen LogP contribution in [-0.4, -0.2) is 39.4 Å². The summed E-state index contributed by atoms with van der Waals surface area (Å²) in [4.78, 5) is 4.03. The van der Waals surface area contributed by atoms with Crippen molar-refractivity contribution in [1.82, 2.24) is 5.32 Å². The van der Waals surface area contributed by atoms with Crippen LogP contribution in [0.5, 0.6) is 0 Å².